The molecule has 4 nitrogen and oxygen atoms in total. The van der Waals surface area contributed by atoms with E-state index in [9.17, 15) is 4.79 Å². The predicted molar refractivity (Wildman–Crippen MR) is 104 cm³/mol. The number of rotatable bonds is 6. The molecule has 1 aliphatic rings. The van der Waals surface area contributed by atoms with Crippen LogP contribution in [0.5, 0.6) is 5.75 Å². The van der Waals surface area contributed by atoms with Crippen molar-refractivity contribution in [2.45, 2.75) is 25.3 Å². The fourth-order valence-corrected chi connectivity index (χ4v) is 3.44. The smallest absolute Gasteiger partial charge is 0.260 e. The number of likely N-dealkylation sites (tertiary alicyclic amines) is 1. The average Bonchev–Trinajstić information content (AvgIpc) is 2.68. The van der Waals surface area contributed by atoms with Gasteiger partial charge in [-0.15, -0.1) is 0 Å². The zero-order valence-corrected chi connectivity index (χ0v) is 15.7. The Morgan fingerprint density at radius 2 is 1.85 bits per heavy atom. The van der Waals surface area contributed by atoms with Gasteiger partial charge in [-0.3, -0.25) is 4.79 Å². The van der Waals surface area contributed by atoms with Crippen LogP contribution in [0.3, 0.4) is 0 Å². The van der Waals surface area contributed by atoms with Crippen molar-refractivity contribution in [3.63, 3.8) is 0 Å². The SMILES string of the molecule is CN(C)C1CCCN(C(=O)COc2ccccc2Cc2ccccc2)C1. The second-order valence-electron chi connectivity index (χ2n) is 7.16. The van der Waals surface area contributed by atoms with Gasteiger partial charge in [0.2, 0.25) is 0 Å². The van der Waals surface area contributed by atoms with Crippen LogP contribution in [0, 0.1) is 0 Å². The van der Waals surface area contributed by atoms with Gasteiger partial charge in [-0.25, -0.2) is 0 Å². The van der Waals surface area contributed by atoms with Gasteiger partial charge in [0.15, 0.2) is 6.61 Å². The first-order valence-electron chi connectivity index (χ1n) is 9.32. The molecule has 1 amide bonds. The molecule has 2 aromatic rings. The van der Waals surface area contributed by atoms with Gasteiger partial charge in [0, 0.05) is 25.6 Å². The summed E-state index contributed by atoms with van der Waals surface area (Å²) in [5.41, 5.74) is 2.34. The molecule has 1 heterocycles. The van der Waals surface area contributed by atoms with E-state index in [1.165, 1.54) is 5.56 Å². The number of ether oxygens (including phenoxy) is 1. The molecule has 0 radical (unpaired) electrons. The molecule has 26 heavy (non-hydrogen) atoms. The zero-order chi connectivity index (χ0) is 18.4. The van der Waals surface area contributed by atoms with Crippen LogP contribution in [0.15, 0.2) is 54.6 Å². The van der Waals surface area contributed by atoms with Gasteiger partial charge in [-0.2, -0.15) is 0 Å². The van der Waals surface area contributed by atoms with E-state index in [-0.39, 0.29) is 12.5 Å². The predicted octanol–water partition coefficient (Wildman–Crippen LogP) is 3.21. The lowest BCUT2D eigenvalue weighted by molar-refractivity contribution is -0.135. The number of amides is 1. The molecule has 4 heteroatoms. The van der Waals surface area contributed by atoms with Crippen LogP contribution in [-0.2, 0) is 11.2 Å². The fourth-order valence-electron chi connectivity index (χ4n) is 3.44. The number of piperidine rings is 1. The first-order chi connectivity index (χ1) is 12.6. The highest BCUT2D eigenvalue weighted by atomic mass is 16.5. The number of hydrogen-bond donors (Lipinski definition) is 0. The second kappa shape index (κ2) is 8.86. The normalized spacial score (nSPS) is 17.3. The Labute approximate surface area is 156 Å². The van der Waals surface area contributed by atoms with E-state index in [1.807, 2.05) is 41.3 Å². The lowest BCUT2D eigenvalue weighted by Crippen LogP contribution is -2.48. The Hall–Kier alpha value is -2.33. The summed E-state index contributed by atoms with van der Waals surface area (Å²) in [6.07, 6.45) is 3.01. The Morgan fingerprint density at radius 1 is 1.12 bits per heavy atom. The largest absolute Gasteiger partial charge is 0.483 e. The number of para-hydroxylation sites is 1. The van der Waals surface area contributed by atoms with E-state index in [4.69, 9.17) is 4.74 Å². The van der Waals surface area contributed by atoms with Crippen molar-refractivity contribution in [2.24, 2.45) is 0 Å². The lowest BCUT2D eigenvalue weighted by atomic mass is 10.0. The molecule has 2 aromatic carbocycles. The van der Waals surface area contributed by atoms with E-state index in [0.717, 1.165) is 43.7 Å². The standard InChI is InChI=1S/C22H28N2O2/c1-23(2)20-12-8-14-24(16-20)22(25)17-26-21-13-7-6-11-19(21)15-18-9-4-3-5-10-18/h3-7,9-11,13,20H,8,12,14-17H2,1-2H3. The summed E-state index contributed by atoms with van der Waals surface area (Å²) >= 11 is 0. The maximum absolute atomic E-state index is 12.6. The summed E-state index contributed by atoms with van der Waals surface area (Å²) in [4.78, 5) is 16.7. The molecule has 1 unspecified atom stereocenters. The van der Waals surface area contributed by atoms with E-state index in [0.29, 0.717) is 6.04 Å². The minimum Gasteiger partial charge on any atom is -0.483 e. The van der Waals surface area contributed by atoms with Crippen molar-refractivity contribution in [1.29, 1.82) is 0 Å². The molecule has 0 spiro atoms. The van der Waals surface area contributed by atoms with Gasteiger partial charge in [-0.1, -0.05) is 48.5 Å². The molecule has 1 saturated heterocycles. The van der Waals surface area contributed by atoms with Crippen molar-refractivity contribution >= 4 is 5.91 Å². The highest BCUT2D eigenvalue weighted by Crippen LogP contribution is 2.22. The van der Waals surface area contributed by atoms with Crippen LogP contribution in [0.1, 0.15) is 24.0 Å². The van der Waals surface area contributed by atoms with Crippen LogP contribution in [0.2, 0.25) is 0 Å². The molecule has 0 bridgehead atoms. The molecular weight excluding hydrogens is 324 g/mol. The maximum Gasteiger partial charge on any atom is 0.260 e. The molecule has 0 N–H and O–H groups in total. The summed E-state index contributed by atoms with van der Waals surface area (Å²) < 4.78 is 5.92. The zero-order valence-electron chi connectivity index (χ0n) is 15.7. The van der Waals surface area contributed by atoms with Gasteiger partial charge in [0.25, 0.3) is 5.91 Å². The van der Waals surface area contributed by atoms with E-state index in [1.54, 1.807) is 0 Å². The van der Waals surface area contributed by atoms with E-state index < -0.39 is 0 Å². The van der Waals surface area contributed by atoms with Crippen molar-refractivity contribution in [1.82, 2.24) is 9.80 Å². The minimum absolute atomic E-state index is 0.0751. The van der Waals surface area contributed by atoms with Gasteiger partial charge in [-0.05, 0) is 44.1 Å². The molecular formula is C22H28N2O2. The third kappa shape index (κ3) is 4.85. The second-order valence-corrected chi connectivity index (χ2v) is 7.16. The summed E-state index contributed by atoms with van der Waals surface area (Å²) in [5, 5.41) is 0. The number of likely N-dealkylation sites (N-methyl/N-ethyl adjacent to an activating group) is 1. The molecule has 1 fully saturated rings. The van der Waals surface area contributed by atoms with Crippen LogP contribution in [0.4, 0.5) is 0 Å². The molecule has 0 aromatic heterocycles. The Bertz CT molecular complexity index is 715. The number of nitrogens with zero attached hydrogens (tertiary/aromatic N) is 2. The van der Waals surface area contributed by atoms with Crippen molar-refractivity contribution < 1.29 is 9.53 Å². The van der Waals surface area contributed by atoms with Gasteiger partial charge < -0.3 is 14.5 Å². The monoisotopic (exact) mass is 352 g/mol. The third-order valence-corrected chi connectivity index (χ3v) is 5.04. The maximum atomic E-state index is 12.6. The average molecular weight is 352 g/mol. The molecule has 138 valence electrons. The summed E-state index contributed by atoms with van der Waals surface area (Å²) in [5.74, 6) is 0.872. The number of carbonyl (C=O) groups is 1. The molecule has 1 atom stereocenters. The molecule has 1 aliphatic heterocycles. The highest BCUT2D eigenvalue weighted by Gasteiger charge is 2.25. The van der Waals surface area contributed by atoms with Crippen molar-refractivity contribution in [2.75, 3.05) is 33.8 Å². The third-order valence-electron chi connectivity index (χ3n) is 5.04. The summed E-state index contributed by atoms with van der Waals surface area (Å²) in [7, 11) is 4.16. The Morgan fingerprint density at radius 3 is 2.62 bits per heavy atom. The first-order valence-corrected chi connectivity index (χ1v) is 9.32. The molecule has 3 rings (SSSR count). The Balaban J connectivity index is 1.60. The van der Waals surface area contributed by atoms with Crippen LogP contribution >= 0.6 is 0 Å². The topological polar surface area (TPSA) is 32.8 Å². The van der Waals surface area contributed by atoms with Crippen molar-refractivity contribution in [3.8, 4) is 5.75 Å². The summed E-state index contributed by atoms with van der Waals surface area (Å²) in [6.45, 7) is 1.73. The lowest BCUT2D eigenvalue weighted by Gasteiger charge is -2.36. The van der Waals surface area contributed by atoms with Gasteiger partial charge in [0.05, 0.1) is 0 Å². The fraction of sp³-hybridized carbons (Fsp3) is 0.409. The van der Waals surface area contributed by atoms with Gasteiger partial charge >= 0.3 is 0 Å². The number of benzene rings is 2. The summed E-state index contributed by atoms with van der Waals surface area (Å²) in [6, 6.07) is 18.7. The van der Waals surface area contributed by atoms with Crippen LogP contribution in [-0.4, -0.2) is 55.5 Å². The van der Waals surface area contributed by atoms with E-state index in [2.05, 4.69) is 37.2 Å². The molecule has 0 aliphatic carbocycles. The van der Waals surface area contributed by atoms with Crippen LogP contribution < -0.4 is 4.74 Å². The van der Waals surface area contributed by atoms with Crippen molar-refractivity contribution in [3.05, 3.63) is 65.7 Å². The number of hydrogen-bond acceptors (Lipinski definition) is 3. The number of carbonyl (C=O) groups excluding carboxylic acids is 1. The quantitative estimate of drug-likeness (QED) is 0.800. The molecule has 0 saturated carbocycles. The van der Waals surface area contributed by atoms with Gasteiger partial charge in [0.1, 0.15) is 5.75 Å². The van der Waals surface area contributed by atoms with Crippen LogP contribution in [0.25, 0.3) is 0 Å². The highest BCUT2D eigenvalue weighted by molar-refractivity contribution is 5.78. The first kappa shape index (κ1) is 18.5. The minimum atomic E-state index is 0.0751. The Kier molecular flexibility index (Phi) is 6.29. The van der Waals surface area contributed by atoms with E-state index >= 15 is 0 Å².